The van der Waals surface area contributed by atoms with Gasteiger partial charge in [0.1, 0.15) is 18.1 Å². The van der Waals surface area contributed by atoms with Crippen molar-refractivity contribution < 1.29 is 32.0 Å². The number of nitrogens with one attached hydrogen (secondary N) is 1. The summed E-state index contributed by atoms with van der Waals surface area (Å²) in [7, 11) is 1.47. The van der Waals surface area contributed by atoms with Gasteiger partial charge in [-0.25, -0.2) is 0 Å². The second-order valence-electron chi connectivity index (χ2n) is 5.90. The van der Waals surface area contributed by atoms with Crippen LogP contribution >= 0.6 is 0 Å². The third-order valence-electron chi connectivity index (χ3n) is 3.91. The molecule has 9 heteroatoms. The van der Waals surface area contributed by atoms with Crippen molar-refractivity contribution >= 4 is 22.6 Å². The third kappa shape index (κ3) is 4.61. The molecule has 1 amide bonds. The molecule has 0 fully saturated rings. The zero-order chi connectivity index (χ0) is 20.1. The van der Waals surface area contributed by atoms with Crippen LogP contribution in [0.5, 0.6) is 5.75 Å². The Bertz CT molecular complexity index is 969. The summed E-state index contributed by atoms with van der Waals surface area (Å²) in [6.45, 7) is 0.373. The average Bonchev–Trinajstić information content (AvgIpc) is 3.05. The predicted octanol–water partition coefficient (Wildman–Crippen LogP) is 4.05. The maximum absolute atomic E-state index is 13.0. The van der Waals surface area contributed by atoms with Gasteiger partial charge in [0, 0.05) is 12.5 Å². The van der Waals surface area contributed by atoms with Crippen molar-refractivity contribution in [2.24, 2.45) is 0 Å². The number of carbonyl (C=O) groups is 1. The lowest BCUT2D eigenvalue weighted by atomic mass is 10.1. The standard InChI is InChI=1S/C19H17F3N2O4/c1-26-8-9-27-17-7-6-12(19(20,21)22)10-15(17)23-18(25)11-14-13-4-2-3-5-16(13)28-24-14/h2-7,10H,8-9,11H2,1H3,(H,23,25). The highest BCUT2D eigenvalue weighted by Gasteiger charge is 2.31. The quantitative estimate of drug-likeness (QED) is 0.612. The summed E-state index contributed by atoms with van der Waals surface area (Å²) in [6.07, 6.45) is -4.71. The highest BCUT2D eigenvalue weighted by Crippen LogP contribution is 2.35. The average molecular weight is 394 g/mol. The molecule has 2 aromatic carbocycles. The molecule has 0 atom stereocenters. The lowest BCUT2D eigenvalue weighted by molar-refractivity contribution is -0.137. The maximum Gasteiger partial charge on any atom is 0.416 e. The number of rotatable bonds is 7. The van der Waals surface area contributed by atoms with Gasteiger partial charge in [0.15, 0.2) is 5.58 Å². The van der Waals surface area contributed by atoms with Gasteiger partial charge in [0.05, 0.1) is 24.3 Å². The van der Waals surface area contributed by atoms with Crippen LogP contribution in [0.15, 0.2) is 47.0 Å². The molecule has 0 bridgehead atoms. The van der Waals surface area contributed by atoms with Crippen LogP contribution in [-0.4, -0.2) is 31.4 Å². The number of halogens is 3. The van der Waals surface area contributed by atoms with Crippen molar-refractivity contribution in [3.05, 3.63) is 53.7 Å². The van der Waals surface area contributed by atoms with Crippen molar-refractivity contribution in [1.82, 2.24) is 5.16 Å². The summed E-state index contributed by atoms with van der Waals surface area (Å²) in [6, 6.07) is 9.89. The van der Waals surface area contributed by atoms with E-state index in [9.17, 15) is 18.0 Å². The van der Waals surface area contributed by atoms with E-state index in [2.05, 4.69) is 10.5 Å². The summed E-state index contributed by atoms with van der Waals surface area (Å²) in [4.78, 5) is 12.4. The topological polar surface area (TPSA) is 73.6 Å². The minimum absolute atomic E-state index is 0.0799. The Kier molecular flexibility index (Phi) is 5.84. The first-order valence-corrected chi connectivity index (χ1v) is 8.34. The molecule has 3 rings (SSSR count). The van der Waals surface area contributed by atoms with Gasteiger partial charge in [0.25, 0.3) is 0 Å². The molecule has 28 heavy (non-hydrogen) atoms. The highest BCUT2D eigenvalue weighted by molar-refractivity contribution is 5.95. The Morgan fingerprint density at radius 3 is 2.71 bits per heavy atom. The molecule has 0 aliphatic carbocycles. The molecule has 1 heterocycles. The summed E-state index contributed by atoms with van der Waals surface area (Å²) >= 11 is 0. The SMILES string of the molecule is COCCOc1ccc(C(F)(F)F)cc1NC(=O)Cc1noc2ccccc12. The Balaban J connectivity index is 1.80. The molecule has 1 aromatic heterocycles. The number of nitrogens with zero attached hydrogens (tertiary/aromatic N) is 1. The fourth-order valence-corrected chi connectivity index (χ4v) is 2.58. The highest BCUT2D eigenvalue weighted by atomic mass is 19.4. The van der Waals surface area contributed by atoms with Crippen LogP contribution in [0.2, 0.25) is 0 Å². The second kappa shape index (κ2) is 8.30. The number of para-hydroxylation sites is 1. The molecule has 0 saturated heterocycles. The first kappa shape index (κ1) is 19.7. The number of benzene rings is 2. The minimum Gasteiger partial charge on any atom is -0.489 e. The van der Waals surface area contributed by atoms with E-state index in [0.29, 0.717) is 16.7 Å². The molecule has 0 saturated carbocycles. The molecule has 148 valence electrons. The minimum atomic E-state index is -4.55. The third-order valence-corrected chi connectivity index (χ3v) is 3.91. The Morgan fingerprint density at radius 1 is 1.18 bits per heavy atom. The summed E-state index contributed by atoms with van der Waals surface area (Å²) < 4.78 is 54.5. The van der Waals surface area contributed by atoms with Crippen LogP contribution in [0.4, 0.5) is 18.9 Å². The normalized spacial score (nSPS) is 11.6. The summed E-state index contributed by atoms with van der Waals surface area (Å²) in [5, 5.41) is 6.98. The van der Waals surface area contributed by atoms with Crippen molar-refractivity contribution in [3.8, 4) is 5.75 Å². The smallest absolute Gasteiger partial charge is 0.416 e. The van der Waals surface area contributed by atoms with Crippen molar-refractivity contribution in [2.75, 3.05) is 25.6 Å². The molecule has 0 spiro atoms. The molecule has 0 aliphatic rings. The first-order valence-electron chi connectivity index (χ1n) is 8.34. The van der Waals surface area contributed by atoms with E-state index >= 15 is 0 Å². The largest absolute Gasteiger partial charge is 0.489 e. The van der Waals surface area contributed by atoms with E-state index in [1.165, 1.54) is 13.2 Å². The van der Waals surface area contributed by atoms with Crippen LogP contribution < -0.4 is 10.1 Å². The molecule has 0 aliphatic heterocycles. The Morgan fingerprint density at radius 2 is 1.96 bits per heavy atom. The number of aromatic nitrogens is 1. The predicted molar refractivity (Wildman–Crippen MR) is 95.2 cm³/mol. The van der Waals surface area contributed by atoms with Crippen molar-refractivity contribution in [2.45, 2.75) is 12.6 Å². The Labute approximate surface area is 158 Å². The second-order valence-corrected chi connectivity index (χ2v) is 5.90. The number of carbonyl (C=O) groups excluding carboxylic acids is 1. The fourth-order valence-electron chi connectivity index (χ4n) is 2.58. The Hall–Kier alpha value is -3.07. The van der Waals surface area contributed by atoms with Crippen molar-refractivity contribution in [1.29, 1.82) is 0 Å². The van der Waals surface area contributed by atoms with E-state index in [1.54, 1.807) is 24.3 Å². The molecule has 1 N–H and O–H groups in total. The molecule has 0 radical (unpaired) electrons. The van der Waals surface area contributed by atoms with E-state index < -0.39 is 17.6 Å². The number of hydrogen-bond donors (Lipinski definition) is 1. The van der Waals surface area contributed by atoms with E-state index in [-0.39, 0.29) is 31.1 Å². The van der Waals surface area contributed by atoms with Crippen LogP contribution in [0, 0.1) is 0 Å². The number of methoxy groups -OCH3 is 1. The maximum atomic E-state index is 13.0. The van der Waals surface area contributed by atoms with Gasteiger partial charge in [-0.1, -0.05) is 17.3 Å². The number of anilines is 1. The molecule has 6 nitrogen and oxygen atoms in total. The zero-order valence-corrected chi connectivity index (χ0v) is 14.9. The van der Waals surface area contributed by atoms with Crippen LogP contribution in [-0.2, 0) is 22.1 Å². The molecular formula is C19H17F3N2O4. The van der Waals surface area contributed by atoms with E-state index in [4.69, 9.17) is 14.0 Å². The number of hydrogen-bond acceptors (Lipinski definition) is 5. The molecular weight excluding hydrogens is 377 g/mol. The van der Waals surface area contributed by atoms with Gasteiger partial charge in [-0.05, 0) is 30.3 Å². The van der Waals surface area contributed by atoms with Gasteiger partial charge in [0.2, 0.25) is 5.91 Å². The summed E-state index contributed by atoms with van der Waals surface area (Å²) in [5.74, 6) is -0.432. The van der Waals surface area contributed by atoms with Gasteiger partial charge in [-0.15, -0.1) is 0 Å². The van der Waals surface area contributed by atoms with Gasteiger partial charge in [-0.3, -0.25) is 4.79 Å². The number of amides is 1. The lowest BCUT2D eigenvalue weighted by Gasteiger charge is -2.15. The van der Waals surface area contributed by atoms with E-state index in [0.717, 1.165) is 12.1 Å². The van der Waals surface area contributed by atoms with Crippen molar-refractivity contribution in [3.63, 3.8) is 0 Å². The lowest BCUT2D eigenvalue weighted by Crippen LogP contribution is -2.17. The van der Waals surface area contributed by atoms with Crippen LogP contribution in [0.25, 0.3) is 11.0 Å². The molecule has 0 unspecified atom stereocenters. The van der Waals surface area contributed by atoms with Gasteiger partial charge in [-0.2, -0.15) is 13.2 Å². The number of alkyl halides is 3. The monoisotopic (exact) mass is 394 g/mol. The molecule has 3 aromatic rings. The van der Waals surface area contributed by atoms with Crippen LogP contribution in [0.3, 0.4) is 0 Å². The van der Waals surface area contributed by atoms with Crippen LogP contribution in [0.1, 0.15) is 11.3 Å². The van der Waals surface area contributed by atoms with Gasteiger partial charge >= 0.3 is 6.18 Å². The van der Waals surface area contributed by atoms with Gasteiger partial charge < -0.3 is 19.3 Å². The zero-order valence-electron chi connectivity index (χ0n) is 14.9. The first-order chi connectivity index (χ1) is 13.4. The summed E-state index contributed by atoms with van der Waals surface area (Å²) in [5.41, 5.74) is -0.0626. The number of fused-ring (bicyclic) bond motifs is 1. The fraction of sp³-hybridized carbons (Fsp3) is 0.263. The number of ether oxygens (including phenoxy) is 2. The van der Waals surface area contributed by atoms with E-state index in [1.807, 2.05) is 0 Å².